The number of hydrogen-bond acceptors (Lipinski definition) is 7. The first kappa shape index (κ1) is 25.1. The Bertz CT molecular complexity index is 1540. The molecule has 0 radical (unpaired) electrons. The largest absolute Gasteiger partial charge is 0.461 e. The number of aromatic nitrogens is 3. The van der Waals surface area contributed by atoms with Crippen molar-refractivity contribution in [3.05, 3.63) is 48.4 Å². The molecule has 1 atom stereocenters. The number of halogens is 1. The monoisotopic (exact) mass is 545 g/mol. The van der Waals surface area contributed by atoms with Crippen molar-refractivity contribution in [3.63, 3.8) is 0 Å². The Hall–Kier alpha value is -2.93. The minimum atomic E-state index is -0.472. The molecule has 7 nitrogen and oxygen atoms in total. The van der Waals surface area contributed by atoms with Gasteiger partial charge in [0.15, 0.2) is 5.82 Å². The van der Waals surface area contributed by atoms with Crippen molar-refractivity contribution in [2.24, 2.45) is 0 Å². The molecule has 2 aromatic carbocycles. The molecule has 3 fully saturated rings. The number of aliphatic hydroxyl groups excluding tert-OH is 1. The Morgan fingerprint density at radius 3 is 2.54 bits per heavy atom. The summed E-state index contributed by atoms with van der Waals surface area (Å²) in [6.45, 7) is 3.99. The first-order valence-corrected chi connectivity index (χ1v) is 14.5. The molecule has 202 valence electrons. The average molecular weight is 546 g/mol. The molecule has 0 bridgehead atoms. The molecule has 0 spiro atoms. The van der Waals surface area contributed by atoms with Crippen molar-refractivity contribution in [3.8, 4) is 17.3 Å². The Labute approximate surface area is 229 Å². The van der Waals surface area contributed by atoms with Crippen molar-refractivity contribution in [1.82, 2.24) is 19.9 Å². The van der Waals surface area contributed by atoms with E-state index in [4.69, 9.17) is 9.72 Å². The fourth-order valence-corrected chi connectivity index (χ4v) is 7.25. The van der Waals surface area contributed by atoms with Crippen LogP contribution in [0.3, 0.4) is 0 Å². The number of ether oxygens (including phenoxy) is 1. The lowest BCUT2D eigenvalue weighted by Crippen LogP contribution is -2.43. The van der Waals surface area contributed by atoms with Gasteiger partial charge in [-0.05, 0) is 67.7 Å². The summed E-state index contributed by atoms with van der Waals surface area (Å²) in [5, 5.41) is 13.6. The second-order valence-corrected chi connectivity index (χ2v) is 11.8. The lowest BCUT2D eigenvalue weighted by atomic mass is 9.95. The molecular formula is C30H33FN5O2P. The number of aliphatic hydroxyl groups is 1. The van der Waals surface area contributed by atoms with Crippen molar-refractivity contribution >= 4 is 42.0 Å². The molecule has 1 unspecified atom stereocenters. The van der Waals surface area contributed by atoms with Gasteiger partial charge in [-0.25, -0.2) is 4.39 Å². The van der Waals surface area contributed by atoms with Gasteiger partial charge in [0, 0.05) is 24.8 Å². The van der Waals surface area contributed by atoms with E-state index in [1.54, 1.807) is 6.20 Å². The minimum Gasteiger partial charge on any atom is -0.461 e. The molecular weight excluding hydrogens is 512 g/mol. The zero-order chi connectivity index (χ0) is 26.6. The van der Waals surface area contributed by atoms with E-state index in [9.17, 15) is 5.11 Å². The molecule has 3 saturated heterocycles. The number of nitrogens with zero attached hydrogens (tertiary/aromatic N) is 5. The molecule has 2 aromatic heterocycles. The van der Waals surface area contributed by atoms with E-state index < -0.39 is 5.82 Å². The molecule has 3 aliphatic heterocycles. The van der Waals surface area contributed by atoms with Crippen LogP contribution < -0.4 is 14.9 Å². The first-order valence-electron chi connectivity index (χ1n) is 14.0. The molecule has 1 N–H and O–H groups in total. The van der Waals surface area contributed by atoms with Crippen molar-refractivity contribution in [1.29, 1.82) is 0 Å². The summed E-state index contributed by atoms with van der Waals surface area (Å²) in [5.41, 5.74) is 1.25. The number of pyridine rings is 1. The quantitative estimate of drug-likeness (QED) is 0.372. The van der Waals surface area contributed by atoms with Crippen LogP contribution in [0, 0.1) is 5.82 Å². The maximum absolute atomic E-state index is 16.5. The normalized spacial score (nSPS) is 19.7. The molecule has 0 saturated carbocycles. The Morgan fingerprint density at radius 2 is 1.77 bits per heavy atom. The predicted molar refractivity (Wildman–Crippen MR) is 155 cm³/mol. The maximum Gasteiger partial charge on any atom is 0.319 e. The van der Waals surface area contributed by atoms with E-state index in [2.05, 4.69) is 29.0 Å². The van der Waals surface area contributed by atoms with E-state index >= 15 is 4.39 Å². The number of piperidine rings is 1. The van der Waals surface area contributed by atoms with E-state index in [1.165, 1.54) is 12.8 Å². The average Bonchev–Trinajstić information content (AvgIpc) is 3.53. The zero-order valence-corrected chi connectivity index (χ0v) is 23.1. The fraction of sp³-hybridized carbons (Fsp3) is 0.433. The van der Waals surface area contributed by atoms with Gasteiger partial charge in [0.2, 0.25) is 0 Å². The molecule has 0 amide bonds. The third-order valence-electron chi connectivity index (χ3n) is 8.88. The van der Waals surface area contributed by atoms with Crippen LogP contribution in [0.15, 0.2) is 42.6 Å². The summed E-state index contributed by atoms with van der Waals surface area (Å²) in [4.78, 5) is 18.7. The van der Waals surface area contributed by atoms with Gasteiger partial charge in [0.25, 0.3) is 0 Å². The highest BCUT2D eigenvalue weighted by molar-refractivity contribution is 7.28. The van der Waals surface area contributed by atoms with Gasteiger partial charge < -0.3 is 14.7 Å². The minimum absolute atomic E-state index is 0.0355. The molecule has 4 aromatic rings. The number of anilines is 1. The number of hydrogen-bond donors (Lipinski definition) is 1. The highest BCUT2D eigenvalue weighted by Crippen LogP contribution is 2.40. The van der Waals surface area contributed by atoms with Gasteiger partial charge in [0.1, 0.15) is 23.6 Å². The van der Waals surface area contributed by atoms with Crippen molar-refractivity contribution < 1.29 is 14.2 Å². The van der Waals surface area contributed by atoms with Crippen molar-refractivity contribution in [2.75, 3.05) is 37.7 Å². The van der Waals surface area contributed by atoms with Crippen LogP contribution in [-0.4, -0.2) is 69.4 Å². The van der Waals surface area contributed by atoms with E-state index in [1.807, 2.05) is 36.4 Å². The summed E-state index contributed by atoms with van der Waals surface area (Å²) < 4.78 is 22.8. The van der Waals surface area contributed by atoms with Gasteiger partial charge >= 0.3 is 6.01 Å². The molecule has 9 heteroatoms. The SMILES string of the molecule is OC1CCN(c2nc(OCC34CCCN3CCC4)nc3c(F)c(-c4cccc5cccc(P)c45)ncc23)CC1. The predicted octanol–water partition coefficient (Wildman–Crippen LogP) is 4.45. The van der Waals surface area contributed by atoms with Crippen LogP contribution in [0.1, 0.15) is 38.5 Å². The number of rotatable bonds is 5. The summed E-state index contributed by atoms with van der Waals surface area (Å²) in [6.07, 6.45) is 7.22. The Morgan fingerprint density at radius 1 is 1.03 bits per heavy atom. The molecule has 39 heavy (non-hydrogen) atoms. The van der Waals surface area contributed by atoms with Crippen molar-refractivity contribution in [2.45, 2.75) is 50.2 Å². The zero-order valence-electron chi connectivity index (χ0n) is 21.9. The molecule has 3 aliphatic rings. The summed E-state index contributed by atoms with van der Waals surface area (Å²) in [7, 11) is 2.75. The van der Waals surface area contributed by atoms with Crippen LogP contribution >= 0.6 is 9.24 Å². The van der Waals surface area contributed by atoms with Gasteiger partial charge in [-0.2, -0.15) is 9.97 Å². The summed E-state index contributed by atoms with van der Waals surface area (Å²) >= 11 is 0. The van der Waals surface area contributed by atoms with E-state index in [0.29, 0.717) is 43.7 Å². The second kappa shape index (κ2) is 9.92. The second-order valence-electron chi connectivity index (χ2n) is 11.2. The topological polar surface area (TPSA) is 74.6 Å². The molecule has 5 heterocycles. The van der Waals surface area contributed by atoms with Gasteiger partial charge in [-0.15, -0.1) is 9.24 Å². The standard InChI is InChI=1S/C30H33FN5O2P/c31-25-26(21-7-1-5-19-6-2-8-23(39)24(19)21)32-17-22-27(25)33-29(34-28(22)35-15-9-20(37)10-16-35)38-18-30-11-3-13-36(30)14-4-12-30/h1-2,5-8,17,20,37H,3-4,9-16,18,39H2. The Balaban J connectivity index is 1.34. The third kappa shape index (κ3) is 4.33. The van der Waals surface area contributed by atoms with Crippen LogP contribution in [0.2, 0.25) is 0 Å². The van der Waals surface area contributed by atoms with Gasteiger partial charge in [0.05, 0.1) is 17.0 Å². The highest BCUT2D eigenvalue weighted by atomic mass is 31.0. The lowest BCUT2D eigenvalue weighted by Gasteiger charge is -2.32. The van der Waals surface area contributed by atoms with Crippen LogP contribution in [0.4, 0.5) is 10.2 Å². The number of fused-ring (bicyclic) bond motifs is 3. The summed E-state index contributed by atoms with van der Waals surface area (Å²) in [5.74, 6) is 0.150. The van der Waals surface area contributed by atoms with E-state index in [-0.39, 0.29) is 28.9 Å². The van der Waals surface area contributed by atoms with E-state index in [0.717, 1.165) is 47.6 Å². The first-order chi connectivity index (χ1) is 19.0. The lowest BCUT2D eigenvalue weighted by molar-refractivity contribution is 0.107. The van der Waals surface area contributed by atoms with Crippen LogP contribution in [0.25, 0.3) is 32.9 Å². The number of benzene rings is 2. The highest BCUT2D eigenvalue weighted by Gasteiger charge is 2.45. The summed E-state index contributed by atoms with van der Waals surface area (Å²) in [6, 6.07) is 12.1. The third-order valence-corrected chi connectivity index (χ3v) is 9.36. The fourth-order valence-electron chi connectivity index (χ4n) is 6.82. The maximum atomic E-state index is 16.5. The van der Waals surface area contributed by atoms with Gasteiger partial charge in [-0.3, -0.25) is 9.88 Å². The van der Waals surface area contributed by atoms with Gasteiger partial charge in [-0.1, -0.05) is 36.4 Å². The molecule has 7 rings (SSSR count). The Kier molecular flexibility index (Phi) is 6.37. The smallest absolute Gasteiger partial charge is 0.319 e. The molecule has 0 aliphatic carbocycles. The van der Waals surface area contributed by atoms with Crippen LogP contribution in [0.5, 0.6) is 6.01 Å². The van der Waals surface area contributed by atoms with Crippen LogP contribution in [-0.2, 0) is 0 Å².